The Morgan fingerprint density at radius 2 is 1.50 bits per heavy atom. The molecular formula is C16H36O6Si2. The summed E-state index contributed by atoms with van der Waals surface area (Å²) in [6.07, 6.45) is 3.08. The van der Waals surface area contributed by atoms with Gasteiger partial charge in [-0.25, -0.2) is 0 Å². The van der Waals surface area contributed by atoms with Crippen molar-refractivity contribution >= 4 is 17.1 Å². The molecule has 1 heterocycles. The van der Waals surface area contributed by atoms with Crippen LogP contribution in [-0.2, 0) is 27.2 Å². The Bertz CT molecular complexity index is 319. The van der Waals surface area contributed by atoms with Crippen molar-refractivity contribution in [2.45, 2.75) is 51.1 Å². The van der Waals surface area contributed by atoms with Crippen molar-refractivity contribution in [3.63, 3.8) is 0 Å². The maximum Gasteiger partial charge on any atom is 0.399 e. The van der Waals surface area contributed by atoms with Gasteiger partial charge in [0.25, 0.3) is 0 Å². The molecule has 0 spiro atoms. The first kappa shape index (κ1) is 23.9. The van der Waals surface area contributed by atoms with Crippen molar-refractivity contribution < 1.29 is 27.2 Å². The number of methoxy groups -OCH3 is 2. The second kappa shape index (κ2) is 11.5. The topological polar surface area (TPSA) is 55.4 Å². The lowest BCUT2D eigenvalue weighted by Crippen LogP contribution is -2.65. The van der Waals surface area contributed by atoms with Crippen LogP contribution < -0.4 is 0 Å². The maximum atomic E-state index is 5.59. The highest BCUT2D eigenvalue weighted by Crippen LogP contribution is 2.40. The molecule has 0 radical (unpaired) electrons. The van der Waals surface area contributed by atoms with Gasteiger partial charge in [-0.2, -0.15) is 0 Å². The minimum atomic E-state index is -2.35. The molecule has 1 rings (SSSR count). The van der Waals surface area contributed by atoms with Crippen LogP contribution in [0.2, 0.25) is 12.6 Å². The van der Waals surface area contributed by atoms with E-state index in [1.807, 2.05) is 20.4 Å². The predicted molar refractivity (Wildman–Crippen MR) is 100 cm³/mol. The van der Waals surface area contributed by atoms with Gasteiger partial charge in [0.2, 0.25) is 5.41 Å². The van der Waals surface area contributed by atoms with E-state index in [1.54, 1.807) is 34.1 Å². The molecule has 1 saturated heterocycles. The van der Waals surface area contributed by atoms with Gasteiger partial charge < -0.3 is 27.2 Å². The average molecular weight is 381 g/mol. The van der Waals surface area contributed by atoms with E-state index in [4.69, 9.17) is 27.2 Å². The van der Waals surface area contributed by atoms with Gasteiger partial charge in [-0.15, -0.1) is 6.58 Å². The first-order chi connectivity index (χ1) is 11.4. The average Bonchev–Trinajstić information content (AvgIpc) is 2.62. The SMILES string of the molecule is C=C[Si](C)(OCC)OCC.COC1(OC)CCCC[Si]1(OC)OC. The third-order valence-corrected chi connectivity index (χ3v) is 11.0. The van der Waals surface area contributed by atoms with E-state index in [0.29, 0.717) is 13.2 Å². The highest BCUT2D eigenvalue weighted by Gasteiger charge is 2.60. The summed E-state index contributed by atoms with van der Waals surface area (Å²) in [5.41, 5.74) is 1.18. The summed E-state index contributed by atoms with van der Waals surface area (Å²) in [6.45, 7) is 11.0. The smallest absolute Gasteiger partial charge is 0.395 e. The summed E-state index contributed by atoms with van der Waals surface area (Å²) < 4.78 is 33.1. The summed E-state index contributed by atoms with van der Waals surface area (Å²) in [5, 5.41) is 0. The second-order valence-electron chi connectivity index (χ2n) is 5.62. The quantitative estimate of drug-likeness (QED) is 0.452. The first-order valence-electron chi connectivity index (χ1n) is 8.50. The minimum absolute atomic E-state index is 0.630. The van der Waals surface area contributed by atoms with Crippen LogP contribution in [0.1, 0.15) is 33.1 Å². The summed E-state index contributed by atoms with van der Waals surface area (Å²) in [6, 6.07) is 0.932. The Balaban J connectivity index is 0.000000470. The van der Waals surface area contributed by atoms with Crippen LogP contribution in [0.5, 0.6) is 0 Å². The lowest BCUT2D eigenvalue weighted by atomic mass is 10.2. The van der Waals surface area contributed by atoms with E-state index >= 15 is 0 Å². The van der Waals surface area contributed by atoms with E-state index in [-0.39, 0.29) is 0 Å². The van der Waals surface area contributed by atoms with E-state index in [2.05, 4.69) is 6.58 Å². The van der Waals surface area contributed by atoms with E-state index in [9.17, 15) is 0 Å². The molecule has 0 aromatic carbocycles. The van der Waals surface area contributed by atoms with Gasteiger partial charge in [-0.1, -0.05) is 6.42 Å². The van der Waals surface area contributed by atoms with Gasteiger partial charge in [-0.3, -0.25) is 0 Å². The van der Waals surface area contributed by atoms with Gasteiger partial charge in [0, 0.05) is 48.1 Å². The molecule has 0 aromatic rings. The van der Waals surface area contributed by atoms with E-state index in [0.717, 1.165) is 25.3 Å². The zero-order chi connectivity index (χ0) is 18.7. The first-order valence-corrected chi connectivity index (χ1v) is 12.9. The Morgan fingerprint density at radius 3 is 1.79 bits per heavy atom. The normalized spacial score (nSPS) is 19.3. The summed E-state index contributed by atoms with van der Waals surface area (Å²) >= 11 is 0. The van der Waals surface area contributed by atoms with Crippen LogP contribution in [0.25, 0.3) is 0 Å². The number of ether oxygens (including phenoxy) is 2. The summed E-state index contributed by atoms with van der Waals surface area (Å²) in [5.74, 6) is 0. The van der Waals surface area contributed by atoms with Gasteiger partial charge in [0.05, 0.1) is 0 Å². The van der Waals surface area contributed by atoms with Crippen LogP contribution in [-0.4, -0.2) is 64.2 Å². The zero-order valence-electron chi connectivity index (χ0n) is 16.5. The molecule has 8 heteroatoms. The van der Waals surface area contributed by atoms with Crippen LogP contribution in [0.4, 0.5) is 0 Å². The summed E-state index contributed by atoms with van der Waals surface area (Å²) in [4.78, 5) is 0. The Morgan fingerprint density at radius 1 is 1.00 bits per heavy atom. The zero-order valence-corrected chi connectivity index (χ0v) is 18.5. The molecule has 0 aliphatic carbocycles. The highest BCUT2D eigenvalue weighted by atomic mass is 28.4. The molecule has 0 atom stereocenters. The van der Waals surface area contributed by atoms with Crippen molar-refractivity contribution in [3.8, 4) is 0 Å². The molecule has 1 aliphatic heterocycles. The van der Waals surface area contributed by atoms with E-state index in [1.165, 1.54) is 0 Å². The third-order valence-electron chi connectivity index (χ3n) is 4.39. The number of hydrogen-bond donors (Lipinski definition) is 0. The standard InChI is InChI=1S/C9H20O4Si.C7H16O2Si/c1-10-9(11-2)7-5-6-8-14(9,12-3)13-4;1-5-8-10(4,7-3)9-6-2/h5-8H2,1-4H3;7H,3,5-6H2,1-2,4H3. The van der Waals surface area contributed by atoms with Crippen molar-refractivity contribution in [1.29, 1.82) is 0 Å². The van der Waals surface area contributed by atoms with Crippen molar-refractivity contribution in [2.24, 2.45) is 0 Å². The molecular weight excluding hydrogens is 344 g/mol. The van der Waals surface area contributed by atoms with Gasteiger partial charge in [-0.05, 0) is 38.6 Å². The monoisotopic (exact) mass is 380 g/mol. The Labute approximate surface area is 149 Å². The molecule has 0 N–H and O–H groups in total. The van der Waals surface area contributed by atoms with Gasteiger partial charge in [0.1, 0.15) is 0 Å². The molecule has 0 amide bonds. The molecule has 0 unspecified atom stereocenters. The molecule has 1 aliphatic rings. The molecule has 24 heavy (non-hydrogen) atoms. The largest absolute Gasteiger partial charge is 0.399 e. The van der Waals surface area contributed by atoms with Crippen LogP contribution >= 0.6 is 0 Å². The van der Waals surface area contributed by atoms with E-state index < -0.39 is 22.5 Å². The Kier molecular flexibility index (Phi) is 11.5. The highest BCUT2D eigenvalue weighted by molar-refractivity contribution is 6.71. The maximum absolute atomic E-state index is 5.59. The molecule has 1 fully saturated rings. The fourth-order valence-electron chi connectivity index (χ4n) is 3.03. The van der Waals surface area contributed by atoms with Crippen molar-refractivity contribution in [2.75, 3.05) is 41.7 Å². The van der Waals surface area contributed by atoms with Gasteiger partial charge >= 0.3 is 17.1 Å². The van der Waals surface area contributed by atoms with Crippen molar-refractivity contribution in [3.05, 3.63) is 12.3 Å². The fourth-order valence-corrected chi connectivity index (χ4v) is 7.96. The lowest BCUT2D eigenvalue weighted by Gasteiger charge is -2.46. The van der Waals surface area contributed by atoms with Crippen LogP contribution in [0, 0.1) is 0 Å². The molecule has 0 bridgehead atoms. The van der Waals surface area contributed by atoms with Crippen LogP contribution in [0.15, 0.2) is 12.3 Å². The fraction of sp³-hybridized carbons (Fsp3) is 0.875. The van der Waals surface area contributed by atoms with Crippen LogP contribution in [0.3, 0.4) is 0 Å². The molecule has 144 valence electrons. The number of hydrogen-bond acceptors (Lipinski definition) is 6. The third kappa shape index (κ3) is 5.74. The predicted octanol–water partition coefficient (Wildman–Crippen LogP) is 3.29. The molecule has 6 nitrogen and oxygen atoms in total. The Hall–Kier alpha value is -0.0662. The number of rotatable bonds is 9. The molecule has 0 aromatic heterocycles. The molecule has 0 saturated carbocycles. The van der Waals surface area contributed by atoms with Crippen molar-refractivity contribution in [1.82, 2.24) is 0 Å². The van der Waals surface area contributed by atoms with Gasteiger partial charge in [0.15, 0.2) is 0 Å². The second-order valence-corrected chi connectivity index (χ2v) is 12.2. The minimum Gasteiger partial charge on any atom is -0.395 e. The summed E-state index contributed by atoms with van der Waals surface area (Å²) in [7, 11) is 2.39. The lowest BCUT2D eigenvalue weighted by molar-refractivity contribution is -0.183.